The van der Waals surface area contributed by atoms with Crippen molar-refractivity contribution in [3.05, 3.63) is 69.4 Å². The molecule has 0 atom stereocenters. The van der Waals surface area contributed by atoms with Gasteiger partial charge in [0.25, 0.3) is 11.8 Å². The van der Waals surface area contributed by atoms with Crippen LogP contribution in [0.2, 0.25) is 0 Å². The van der Waals surface area contributed by atoms with E-state index in [0.29, 0.717) is 28.7 Å². The Morgan fingerprint density at radius 1 is 1.04 bits per heavy atom. The van der Waals surface area contributed by atoms with E-state index in [2.05, 4.69) is 15.9 Å². The summed E-state index contributed by atoms with van der Waals surface area (Å²) in [5.41, 5.74) is 1.79. The number of carbonyl (C=O) groups is 2. The van der Waals surface area contributed by atoms with Gasteiger partial charge in [0.05, 0.1) is 5.56 Å². The fraction of sp³-hybridized carbons (Fsp3) is 0.263. The number of nitrogens with zero attached hydrogens (tertiary/aromatic N) is 2. The van der Waals surface area contributed by atoms with Crippen molar-refractivity contribution in [2.24, 2.45) is 0 Å². The fourth-order valence-corrected chi connectivity index (χ4v) is 2.81. The highest BCUT2D eigenvalue weighted by atomic mass is 79.9. The molecule has 2 aromatic carbocycles. The third-order valence-corrected chi connectivity index (χ3v) is 4.50. The van der Waals surface area contributed by atoms with Crippen LogP contribution in [0.1, 0.15) is 33.2 Å². The van der Waals surface area contributed by atoms with E-state index < -0.39 is 5.82 Å². The Hall–Kier alpha value is -2.21. The van der Waals surface area contributed by atoms with Crippen molar-refractivity contribution in [3.63, 3.8) is 0 Å². The van der Waals surface area contributed by atoms with E-state index in [-0.39, 0.29) is 11.8 Å². The Morgan fingerprint density at radius 2 is 1.68 bits per heavy atom. The van der Waals surface area contributed by atoms with Gasteiger partial charge in [-0.15, -0.1) is 0 Å². The molecule has 0 unspecified atom stereocenters. The number of hydrogen-bond donors (Lipinski definition) is 0. The van der Waals surface area contributed by atoms with Crippen LogP contribution in [-0.2, 0) is 6.54 Å². The number of rotatable bonds is 5. The first-order valence-corrected chi connectivity index (χ1v) is 8.67. The molecule has 132 valence electrons. The van der Waals surface area contributed by atoms with E-state index in [9.17, 15) is 14.0 Å². The van der Waals surface area contributed by atoms with Gasteiger partial charge in [0.15, 0.2) is 0 Å². The van der Waals surface area contributed by atoms with Crippen LogP contribution in [0.25, 0.3) is 0 Å². The standard InChI is InChI=1S/C19H20BrFN2O2/c1-4-23(19(25)16-11-15(21)9-10-17(16)20)12-13-5-7-14(8-6-13)18(24)22(2)3/h5-11H,4,12H2,1-3H3. The predicted molar refractivity (Wildman–Crippen MR) is 99.0 cm³/mol. The molecular weight excluding hydrogens is 387 g/mol. The largest absolute Gasteiger partial charge is 0.345 e. The predicted octanol–water partition coefficient (Wildman–Crippen LogP) is 3.95. The van der Waals surface area contributed by atoms with Crippen molar-refractivity contribution in [1.82, 2.24) is 9.80 Å². The molecule has 0 saturated heterocycles. The fourth-order valence-electron chi connectivity index (χ4n) is 2.39. The maximum atomic E-state index is 13.5. The highest BCUT2D eigenvalue weighted by molar-refractivity contribution is 9.10. The smallest absolute Gasteiger partial charge is 0.255 e. The van der Waals surface area contributed by atoms with E-state index in [1.165, 1.54) is 23.1 Å². The number of benzene rings is 2. The molecular formula is C19H20BrFN2O2. The average Bonchev–Trinajstić information content (AvgIpc) is 2.61. The van der Waals surface area contributed by atoms with Crippen LogP contribution in [0.5, 0.6) is 0 Å². The van der Waals surface area contributed by atoms with E-state index in [1.54, 1.807) is 31.1 Å². The zero-order valence-corrected chi connectivity index (χ0v) is 16.0. The molecule has 0 spiro atoms. The van der Waals surface area contributed by atoms with E-state index in [4.69, 9.17) is 0 Å². The summed E-state index contributed by atoms with van der Waals surface area (Å²) in [6.45, 7) is 2.74. The third-order valence-electron chi connectivity index (χ3n) is 3.81. The summed E-state index contributed by atoms with van der Waals surface area (Å²) < 4.78 is 14.0. The minimum absolute atomic E-state index is 0.0707. The second kappa shape index (κ2) is 8.25. The van der Waals surface area contributed by atoms with Gasteiger partial charge < -0.3 is 9.80 Å². The molecule has 0 aliphatic rings. The van der Waals surface area contributed by atoms with E-state index in [0.717, 1.165) is 5.56 Å². The SMILES string of the molecule is CCN(Cc1ccc(C(=O)N(C)C)cc1)C(=O)c1cc(F)ccc1Br. The van der Waals surface area contributed by atoms with Gasteiger partial charge >= 0.3 is 0 Å². The van der Waals surface area contributed by atoms with Crippen LogP contribution >= 0.6 is 15.9 Å². The summed E-state index contributed by atoms with van der Waals surface area (Å²) in [5.74, 6) is -0.768. The van der Waals surface area contributed by atoms with Gasteiger partial charge in [-0.05, 0) is 58.7 Å². The van der Waals surface area contributed by atoms with Crippen LogP contribution in [0, 0.1) is 5.82 Å². The molecule has 4 nitrogen and oxygen atoms in total. The minimum atomic E-state index is -0.450. The Morgan fingerprint density at radius 3 is 2.24 bits per heavy atom. The molecule has 6 heteroatoms. The van der Waals surface area contributed by atoms with Gasteiger partial charge in [0.2, 0.25) is 0 Å². The number of hydrogen-bond acceptors (Lipinski definition) is 2. The Balaban J connectivity index is 2.17. The summed E-state index contributed by atoms with van der Waals surface area (Å²) >= 11 is 3.30. The minimum Gasteiger partial charge on any atom is -0.345 e. The van der Waals surface area contributed by atoms with Crippen molar-refractivity contribution < 1.29 is 14.0 Å². The first kappa shape index (κ1) is 19.1. The lowest BCUT2D eigenvalue weighted by Crippen LogP contribution is -2.30. The molecule has 0 aliphatic heterocycles. The van der Waals surface area contributed by atoms with Gasteiger partial charge in [-0.2, -0.15) is 0 Å². The van der Waals surface area contributed by atoms with Gasteiger partial charge in [-0.3, -0.25) is 9.59 Å². The molecule has 2 aromatic rings. The van der Waals surface area contributed by atoms with Crippen molar-refractivity contribution in [1.29, 1.82) is 0 Å². The lowest BCUT2D eigenvalue weighted by molar-refractivity contribution is 0.0750. The number of halogens is 2. The lowest BCUT2D eigenvalue weighted by Gasteiger charge is -2.22. The summed E-state index contributed by atoms with van der Waals surface area (Å²) in [5, 5.41) is 0. The van der Waals surface area contributed by atoms with Crippen LogP contribution < -0.4 is 0 Å². The Bertz CT molecular complexity index is 775. The first-order chi connectivity index (χ1) is 11.8. The van der Waals surface area contributed by atoms with Gasteiger partial charge in [0.1, 0.15) is 5.82 Å². The Labute approximate surface area is 155 Å². The monoisotopic (exact) mass is 406 g/mol. The molecule has 2 amide bonds. The van der Waals surface area contributed by atoms with Crippen molar-refractivity contribution >= 4 is 27.7 Å². The van der Waals surface area contributed by atoms with Gasteiger partial charge in [-0.25, -0.2) is 4.39 Å². The summed E-state index contributed by atoms with van der Waals surface area (Å²) in [7, 11) is 3.40. The zero-order valence-electron chi connectivity index (χ0n) is 14.4. The second-order valence-corrected chi connectivity index (χ2v) is 6.69. The summed E-state index contributed by atoms with van der Waals surface area (Å²) in [6.07, 6.45) is 0. The van der Waals surface area contributed by atoms with Crippen LogP contribution in [0.3, 0.4) is 0 Å². The van der Waals surface area contributed by atoms with E-state index in [1.807, 2.05) is 19.1 Å². The van der Waals surface area contributed by atoms with Crippen LogP contribution in [-0.4, -0.2) is 42.3 Å². The molecule has 0 heterocycles. The maximum absolute atomic E-state index is 13.5. The lowest BCUT2D eigenvalue weighted by atomic mass is 10.1. The highest BCUT2D eigenvalue weighted by Gasteiger charge is 2.18. The molecule has 0 bridgehead atoms. The van der Waals surface area contributed by atoms with Gasteiger partial charge in [-0.1, -0.05) is 12.1 Å². The quantitative estimate of drug-likeness (QED) is 0.753. The maximum Gasteiger partial charge on any atom is 0.255 e. The first-order valence-electron chi connectivity index (χ1n) is 7.88. The normalized spacial score (nSPS) is 10.4. The highest BCUT2D eigenvalue weighted by Crippen LogP contribution is 2.21. The van der Waals surface area contributed by atoms with E-state index >= 15 is 0 Å². The van der Waals surface area contributed by atoms with Crippen molar-refractivity contribution in [2.45, 2.75) is 13.5 Å². The van der Waals surface area contributed by atoms with Crippen molar-refractivity contribution in [2.75, 3.05) is 20.6 Å². The zero-order chi connectivity index (χ0) is 18.6. The second-order valence-electron chi connectivity index (χ2n) is 5.84. The molecule has 0 saturated carbocycles. The van der Waals surface area contributed by atoms with Gasteiger partial charge in [0, 0.05) is 37.2 Å². The molecule has 0 radical (unpaired) electrons. The molecule has 0 N–H and O–H groups in total. The molecule has 2 rings (SSSR count). The average molecular weight is 407 g/mol. The third kappa shape index (κ3) is 4.66. The van der Waals surface area contributed by atoms with Crippen molar-refractivity contribution in [3.8, 4) is 0 Å². The molecule has 0 fully saturated rings. The molecule has 25 heavy (non-hydrogen) atoms. The van der Waals surface area contributed by atoms with Crippen LogP contribution in [0.15, 0.2) is 46.9 Å². The topological polar surface area (TPSA) is 40.6 Å². The summed E-state index contributed by atoms with van der Waals surface area (Å²) in [4.78, 5) is 27.7. The Kier molecular flexibility index (Phi) is 6.31. The number of amides is 2. The molecule has 0 aromatic heterocycles. The molecule has 0 aliphatic carbocycles. The summed E-state index contributed by atoms with van der Waals surface area (Å²) in [6, 6.07) is 11.2. The van der Waals surface area contributed by atoms with Crippen LogP contribution in [0.4, 0.5) is 4.39 Å². The number of carbonyl (C=O) groups excluding carboxylic acids is 2.